The number of imidazole rings is 1. The first-order valence-electron chi connectivity index (χ1n) is 10.7. The largest absolute Gasteiger partial charge is 0.497 e. The summed E-state index contributed by atoms with van der Waals surface area (Å²) in [5, 5.41) is 0. The molecule has 0 aliphatic carbocycles. The van der Waals surface area contributed by atoms with Gasteiger partial charge in [0.25, 0.3) is 0 Å². The van der Waals surface area contributed by atoms with E-state index in [1.165, 1.54) is 5.56 Å². The standard InChI is InChI=1S/C25H27N5O/c1-28-14-15-29(16-19-6-8-21(31-2)9-7-19)18-24(28)22-17-30-23(4-3-5-25(30)27-22)20-10-12-26-13-11-20/h3-13,17,24H,14-16,18H2,1-2H3/t24-/m1/s1. The van der Waals surface area contributed by atoms with Crippen LogP contribution in [0.25, 0.3) is 16.9 Å². The highest BCUT2D eigenvalue weighted by Crippen LogP contribution is 2.27. The summed E-state index contributed by atoms with van der Waals surface area (Å²) in [6.07, 6.45) is 5.86. The van der Waals surface area contributed by atoms with Crippen molar-refractivity contribution in [2.24, 2.45) is 0 Å². The minimum atomic E-state index is 0.261. The number of pyridine rings is 2. The van der Waals surface area contributed by atoms with E-state index in [0.29, 0.717) is 0 Å². The molecule has 1 fully saturated rings. The number of likely N-dealkylation sites (N-methyl/N-ethyl adjacent to an activating group) is 1. The van der Waals surface area contributed by atoms with Gasteiger partial charge in [-0.2, -0.15) is 0 Å². The molecule has 0 bridgehead atoms. The molecule has 0 N–H and O–H groups in total. The number of hydrogen-bond acceptors (Lipinski definition) is 5. The third-order valence-corrected chi connectivity index (χ3v) is 6.13. The Morgan fingerprint density at radius 3 is 2.58 bits per heavy atom. The average molecular weight is 414 g/mol. The van der Waals surface area contributed by atoms with E-state index in [0.717, 1.165) is 54.5 Å². The lowest BCUT2D eigenvalue weighted by Gasteiger charge is -2.38. The number of benzene rings is 1. The number of rotatable bonds is 5. The predicted octanol–water partition coefficient (Wildman–Crippen LogP) is 3.89. The molecule has 0 amide bonds. The van der Waals surface area contributed by atoms with Crippen LogP contribution in [0, 0.1) is 0 Å². The van der Waals surface area contributed by atoms with Crippen LogP contribution in [0.1, 0.15) is 17.3 Å². The van der Waals surface area contributed by atoms with E-state index in [9.17, 15) is 0 Å². The van der Waals surface area contributed by atoms with Crippen molar-refractivity contribution in [3.8, 4) is 17.0 Å². The summed E-state index contributed by atoms with van der Waals surface area (Å²) < 4.78 is 7.48. The van der Waals surface area contributed by atoms with Gasteiger partial charge in [0.2, 0.25) is 0 Å². The van der Waals surface area contributed by atoms with Crippen molar-refractivity contribution in [3.63, 3.8) is 0 Å². The highest BCUT2D eigenvalue weighted by atomic mass is 16.5. The highest BCUT2D eigenvalue weighted by molar-refractivity contribution is 5.63. The average Bonchev–Trinajstić information content (AvgIpc) is 3.25. The zero-order valence-electron chi connectivity index (χ0n) is 18.0. The Balaban J connectivity index is 1.40. The molecule has 3 aromatic heterocycles. The van der Waals surface area contributed by atoms with Crippen LogP contribution in [0.15, 0.2) is 73.2 Å². The molecule has 6 heteroatoms. The zero-order chi connectivity index (χ0) is 21.2. The normalized spacial score (nSPS) is 17.8. The van der Waals surface area contributed by atoms with Gasteiger partial charge in [-0.3, -0.25) is 19.2 Å². The summed E-state index contributed by atoms with van der Waals surface area (Å²) in [5.41, 5.74) is 5.67. The third-order valence-electron chi connectivity index (χ3n) is 6.13. The smallest absolute Gasteiger partial charge is 0.137 e. The van der Waals surface area contributed by atoms with Crippen LogP contribution in [-0.2, 0) is 6.54 Å². The second-order valence-corrected chi connectivity index (χ2v) is 8.12. The molecular formula is C25H27N5O. The van der Waals surface area contributed by atoms with Crippen molar-refractivity contribution in [2.45, 2.75) is 12.6 Å². The molecule has 4 heterocycles. The Kier molecular flexibility index (Phi) is 5.40. The van der Waals surface area contributed by atoms with Crippen LogP contribution in [-0.4, -0.2) is 58.0 Å². The minimum Gasteiger partial charge on any atom is -0.497 e. The van der Waals surface area contributed by atoms with Gasteiger partial charge < -0.3 is 4.74 Å². The number of methoxy groups -OCH3 is 1. The first kappa shape index (κ1) is 19.7. The maximum absolute atomic E-state index is 5.28. The number of ether oxygens (including phenoxy) is 1. The van der Waals surface area contributed by atoms with E-state index in [4.69, 9.17) is 9.72 Å². The van der Waals surface area contributed by atoms with Crippen molar-refractivity contribution in [1.29, 1.82) is 0 Å². The van der Waals surface area contributed by atoms with Crippen LogP contribution in [0.4, 0.5) is 0 Å². The van der Waals surface area contributed by atoms with E-state index in [1.807, 2.05) is 36.7 Å². The minimum absolute atomic E-state index is 0.261. The third kappa shape index (κ3) is 4.04. The molecule has 0 radical (unpaired) electrons. The van der Waals surface area contributed by atoms with Crippen LogP contribution >= 0.6 is 0 Å². The molecule has 1 atom stereocenters. The summed E-state index contributed by atoms with van der Waals surface area (Å²) in [5.74, 6) is 0.898. The summed E-state index contributed by atoms with van der Waals surface area (Å²) in [6, 6.07) is 19.0. The fourth-order valence-corrected chi connectivity index (χ4v) is 4.33. The van der Waals surface area contributed by atoms with Crippen LogP contribution in [0.2, 0.25) is 0 Å². The Hall–Kier alpha value is -3.22. The number of aromatic nitrogens is 3. The lowest BCUT2D eigenvalue weighted by molar-refractivity contribution is 0.0885. The van der Waals surface area contributed by atoms with Gasteiger partial charge in [-0.25, -0.2) is 4.98 Å². The quantitative estimate of drug-likeness (QED) is 0.497. The molecule has 1 aromatic carbocycles. The number of fused-ring (bicyclic) bond motifs is 1. The molecule has 1 aliphatic rings. The SMILES string of the molecule is COc1ccc(CN2CCN(C)[C@@H](c3cn4c(-c5ccncc5)cccc4n3)C2)cc1. The molecule has 5 rings (SSSR count). The zero-order valence-corrected chi connectivity index (χ0v) is 18.0. The molecule has 158 valence electrons. The van der Waals surface area contributed by atoms with Gasteiger partial charge >= 0.3 is 0 Å². The molecule has 31 heavy (non-hydrogen) atoms. The van der Waals surface area contributed by atoms with Crippen molar-refractivity contribution < 1.29 is 4.74 Å². The van der Waals surface area contributed by atoms with Gasteiger partial charge in [0.05, 0.1) is 24.5 Å². The lowest BCUT2D eigenvalue weighted by Crippen LogP contribution is -2.46. The van der Waals surface area contributed by atoms with Gasteiger partial charge in [-0.15, -0.1) is 0 Å². The molecular weight excluding hydrogens is 386 g/mol. The topological polar surface area (TPSA) is 45.9 Å². The first-order chi connectivity index (χ1) is 15.2. The molecule has 4 aromatic rings. The fourth-order valence-electron chi connectivity index (χ4n) is 4.33. The number of nitrogens with zero attached hydrogens (tertiary/aromatic N) is 5. The Morgan fingerprint density at radius 2 is 1.81 bits per heavy atom. The molecule has 0 saturated carbocycles. The Morgan fingerprint density at radius 1 is 1.00 bits per heavy atom. The maximum Gasteiger partial charge on any atom is 0.137 e. The number of hydrogen-bond donors (Lipinski definition) is 0. The summed E-state index contributed by atoms with van der Waals surface area (Å²) in [7, 11) is 3.90. The summed E-state index contributed by atoms with van der Waals surface area (Å²) >= 11 is 0. The molecule has 1 aliphatic heterocycles. The van der Waals surface area contributed by atoms with Crippen LogP contribution < -0.4 is 4.74 Å². The predicted molar refractivity (Wildman–Crippen MR) is 122 cm³/mol. The highest BCUT2D eigenvalue weighted by Gasteiger charge is 2.28. The first-order valence-corrected chi connectivity index (χ1v) is 10.7. The van der Waals surface area contributed by atoms with E-state index in [-0.39, 0.29) is 6.04 Å². The van der Waals surface area contributed by atoms with Crippen molar-refractivity contribution in [1.82, 2.24) is 24.2 Å². The second kappa shape index (κ2) is 8.49. The summed E-state index contributed by atoms with van der Waals surface area (Å²) in [6.45, 7) is 3.96. The Labute approximate surface area is 182 Å². The molecule has 6 nitrogen and oxygen atoms in total. The Bertz CT molecular complexity index is 1160. The van der Waals surface area contributed by atoms with E-state index < -0.39 is 0 Å². The second-order valence-electron chi connectivity index (χ2n) is 8.12. The maximum atomic E-state index is 5.28. The summed E-state index contributed by atoms with van der Waals surface area (Å²) in [4.78, 5) is 14.1. The van der Waals surface area contributed by atoms with E-state index >= 15 is 0 Å². The van der Waals surface area contributed by atoms with Gasteiger partial charge in [-0.05, 0) is 49.0 Å². The van der Waals surface area contributed by atoms with E-state index in [1.54, 1.807) is 7.11 Å². The van der Waals surface area contributed by atoms with Gasteiger partial charge in [-0.1, -0.05) is 18.2 Å². The van der Waals surface area contributed by atoms with Crippen molar-refractivity contribution in [2.75, 3.05) is 33.8 Å². The monoisotopic (exact) mass is 413 g/mol. The molecule has 0 unspecified atom stereocenters. The fraction of sp³-hybridized carbons (Fsp3) is 0.280. The van der Waals surface area contributed by atoms with Gasteiger partial charge in [0.1, 0.15) is 11.4 Å². The van der Waals surface area contributed by atoms with Gasteiger partial charge in [0, 0.05) is 50.3 Å². The lowest BCUT2D eigenvalue weighted by atomic mass is 10.1. The van der Waals surface area contributed by atoms with E-state index in [2.05, 4.69) is 62.8 Å². The molecule has 0 spiro atoms. The van der Waals surface area contributed by atoms with Crippen molar-refractivity contribution in [3.05, 3.63) is 84.4 Å². The van der Waals surface area contributed by atoms with Gasteiger partial charge in [0.15, 0.2) is 0 Å². The van der Waals surface area contributed by atoms with Crippen LogP contribution in [0.5, 0.6) is 5.75 Å². The molecule has 1 saturated heterocycles. The number of piperazine rings is 1. The van der Waals surface area contributed by atoms with Crippen LogP contribution in [0.3, 0.4) is 0 Å². The van der Waals surface area contributed by atoms with Crippen molar-refractivity contribution >= 4 is 5.65 Å².